The molecule has 0 spiro atoms. The Morgan fingerprint density at radius 1 is 1.16 bits per heavy atom. The van der Waals surface area contributed by atoms with Crippen molar-refractivity contribution < 1.29 is 13.9 Å². The average Bonchev–Trinajstić information content (AvgIpc) is 3.02. The van der Waals surface area contributed by atoms with Crippen LogP contribution >= 0.6 is 11.6 Å². The lowest BCUT2D eigenvalue weighted by Gasteiger charge is -2.08. The molecule has 3 aromatic rings. The first kappa shape index (κ1) is 17.2. The van der Waals surface area contributed by atoms with Gasteiger partial charge in [-0.3, -0.25) is 4.68 Å². The van der Waals surface area contributed by atoms with Crippen LogP contribution in [0.4, 0.5) is 4.39 Å². The lowest BCUT2D eigenvalue weighted by atomic mass is 10.1. The Bertz CT molecular complexity index is 873. The van der Waals surface area contributed by atoms with Gasteiger partial charge in [0.2, 0.25) is 0 Å². The molecule has 1 aromatic heterocycles. The highest BCUT2D eigenvalue weighted by atomic mass is 35.5. The van der Waals surface area contributed by atoms with E-state index in [1.54, 1.807) is 41.9 Å². The molecule has 1 heterocycles. The smallest absolute Gasteiger partial charge is 0.358 e. The molecular weight excluding hydrogens is 343 g/mol. The van der Waals surface area contributed by atoms with Crippen LogP contribution in [0, 0.1) is 5.82 Å². The zero-order valence-corrected chi connectivity index (χ0v) is 14.3. The SMILES string of the molecule is CCOC(=O)c1cc(-c2ccc(F)cc2)n(Cc2ccc(Cl)cc2)n1. The largest absolute Gasteiger partial charge is 0.461 e. The molecule has 0 aliphatic heterocycles. The summed E-state index contributed by atoms with van der Waals surface area (Å²) in [5.74, 6) is -0.807. The minimum Gasteiger partial charge on any atom is -0.461 e. The Morgan fingerprint density at radius 2 is 1.84 bits per heavy atom. The summed E-state index contributed by atoms with van der Waals surface area (Å²) in [4.78, 5) is 12.0. The van der Waals surface area contributed by atoms with E-state index in [-0.39, 0.29) is 18.1 Å². The molecule has 2 aromatic carbocycles. The van der Waals surface area contributed by atoms with Crippen molar-refractivity contribution in [3.05, 3.63) is 76.7 Å². The Balaban J connectivity index is 2.00. The summed E-state index contributed by atoms with van der Waals surface area (Å²) in [6, 6.07) is 15.1. The van der Waals surface area contributed by atoms with Crippen LogP contribution in [-0.4, -0.2) is 22.4 Å². The molecule has 0 aliphatic rings. The number of benzene rings is 2. The summed E-state index contributed by atoms with van der Waals surface area (Å²) in [6.07, 6.45) is 0. The molecule has 3 rings (SSSR count). The summed E-state index contributed by atoms with van der Waals surface area (Å²) >= 11 is 5.92. The highest BCUT2D eigenvalue weighted by Crippen LogP contribution is 2.23. The van der Waals surface area contributed by atoms with Gasteiger partial charge in [-0.2, -0.15) is 5.10 Å². The van der Waals surface area contributed by atoms with Crippen LogP contribution in [0.5, 0.6) is 0 Å². The molecule has 25 heavy (non-hydrogen) atoms. The number of nitrogens with zero attached hydrogens (tertiary/aromatic N) is 2. The molecule has 0 radical (unpaired) electrons. The lowest BCUT2D eigenvalue weighted by molar-refractivity contribution is 0.0518. The number of carbonyl (C=O) groups excluding carboxylic acids is 1. The maximum atomic E-state index is 13.2. The normalized spacial score (nSPS) is 10.7. The molecule has 6 heteroatoms. The molecule has 0 saturated heterocycles. The van der Waals surface area contributed by atoms with E-state index in [0.717, 1.165) is 11.1 Å². The van der Waals surface area contributed by atoms with Crippen molar-refractivity contribution in [3.63, 3.8) is 0 Å². The average molecular weight is 359 g/mol. The first-order valence-electron chi connectivity index (χ1n) is 7.82. The molecule has 128 valence electrons. The third kappa shape index (κ3) is 4.06. The van der Waals surface area contributed by atoms with E-state index in [0.29, 0.717) is 17.3 Å². The number of halogens is 2. The van der Waals surface area contributed by atoms with Crippen molar-refractivity contribution >= 4 is 17.6 Å². The van der Waals surface area contributed by atoms with E-state index in [1.165, 1.54) is 12.1 Å². The zero-order valence-electron chi connectivity index (χ0n) is 13.6. The van der Waals surface area contributed by atoms with Crippen LogP contribution in [-0.2, 0) is 11.3 Å². The summed E-state index contributed by atoms with van der Waals surface area (Å²) in [5.41, 5.74) is 2.66. The van der Waals surface area contributed by atoms with E-state index >= 15 is 0 Å². The van der Waals surface area contributed by atoms with E-state index < -0.39 is 5.97 Å². The second-order valence-corrected chi connectivity index (χ2v) is 5.86. The maximum absolute atomic E-state index is 13.2. The molecule has 0 saturated carbocycles. The summed E-state index contributed by atoms with van der Waals surface area (Å²) < 4.78 is 19.9. The maximum Gasteiger partial charge on any atom is 0.358 e. The molecule has 0 aliphatic carbocycles. The molecule has 0 N–H and O–H groups in total. The van der Waals surface area contributed by atoms with Crippen LogP contribution < -0.4 is 0 Å². The van der Waals surface area contributed by atoms with Crippen LogP contribution in [0.1, 0.15) is 23.0 Å². The number of aromatic nitrogens is 2. The Labute approximate surface area is 149 Å². The lowest BCUT2D eigenvalue weighted by Crippen LogP contribution is -2.08. The predicted molar refractivity (Wildman–Crippen MR) is 94.1 cm³/mol. The Kier molecular flexibility index (Phi) is 5.14. The molecule has 0 bridgehead atoms. The van der Waals surface area contributed by atoms with E-state index in [1.807, 2.05) is 12.1 Å². The quantitative estimate of drug-likeness (QED) is 0.628. The molecular formula is C19H16ClFN2O2. The topological polar surface area (TPSA) is 44.1 Å². The standard InChI is InChI=1S/C19H16ClFN2O2/c1-2-25-19(24)17-11-18(14-5-9-16(21)10-6-14)23(22-17)12-13-3-7-15(20)8-4-13/h3-11H,2,12H2,1H3. The van der Waals surface area contributed by atoms with Gasteiger partial charge in [-0.15, -0.1) is 0 Å². The third-order valence-corrected chi connectivity index (χ3v) is 3.90. The number of rotatable bonds is 5. The fraction of sp³-hybridized carbons (Fsp3) is 0.158. The Hall–Kier alpha value is -2.66. The number of hydrogen-bond donors (Lipinski definition) is 0. The fourth-order valence-electron chi connectivity index (χ4n) is 2.46. The van der Waals surface area contributed by atoms with Gasteiger partial charge in [-0.05, 0) is 55.0 Å². The highest BCUT2D eigenvalue weighted by molar-refractivity contribution is 6.30. The summed E-state index contributed by atoms with van der Waals surface area (Å²) in [5, 5.41) is 5.01. The Morgan fingerprint density at radius 3 is 2.48 bits per heavy atom. The molecule has 4 nitrogen and oxygen atoms in total. The van der Waals surface area contributed by atoms with E-state index in [2.05, 4.69) is 5.10 Å². The minimum absolute atomic E-state index is 0.218. The van der Waals surface area contributed by atoms with Gasteiger partial charge >= 0.3 is 5.97 Å². The van der Waals surface area contributed by atoms with Gasteiger partial charge in [0.15, 0.2) is 5.69 Å². The molecule has 0 fully saturated rings. The zero-order chi connectivity index (χ0) is 17.8. The van der Waals surface area contributed by atoms with Crippen molar-refractivity contribution in [2.24, 2.45) is 0 Å². The number of ether oxygens (including phenoxy) is 1. The first-order chi connectivity index (χ1) is 12.1. The van der Waals surface area contributed by atoms with Crippen LogP contribution in [0.3, 0.4) is 0 Å². The molecule has 0 amide bonds. The predicted octanol–water partition coefficient (Wildman–Crippen LogP) is 4.57. The van der Waals surface area contributed by atoms with Gasteiger partial charge < -0.3 is 4.74 Å². The highest BCUT2D eigenvalue weighted by Gasteiger charge is 2.17. The van der Waals surface area contributed by atoms with Crippen LogP contribution in [0.15, 0.2) is 54.6 Å². The van der Waals surface area contributed by atoms with Crippen LogP contribution in [0.2, 0.25) is 5.02 Å². The molecule has 0 unspecified atom stereocenters. The monoisotopic (exact) mass is 358 g/mol. The van der Waals surface area contributed by atoms with Crippen molar-refractivity contribution in [3.8, 4) is 11.3 Å². The van der Waals surface area contributed by atoms with Gasteiger partial charge in [0, 0.05) is 10.6 Å². The second-order valence-electron chi connectivity index (χ2n) is 5.43. The number of carbonyl (C=O) groups is 1. The van der Waals surface area contributed by atoms with Gasteiger partial charge in [-0.1, -0.05) is 23.7 Å². The minimum atomic E-state index is -0.485. The third-order valence-electron chi connectivity index (χ3n) is 3.65. The van der Waals surface area contributed by atoms with Gasteiger partial charge in [0.05, 0.1) is 18.8 Å². The number of hydrogen-bond acceptors (Lipinski definition) is 3. The van der Waals surface area contributed by atoms with Crippen molar-refractivity contribution in [1.82, 2.24) is 9.78 Å². The summed E-state index contributed by atoms with van der Waals surface area (Å²) in [6.45, 7) is 2.46. The van der Waals surface area contributed by atoms with Gasteiger partial charge in [-0.25, -0.2) is 9.18 Å². The van der Waals surface area contributed by atoms with Crippen molar-refractivity contribution in [2.45, 2.75) is 13.5 Å². The van der Waals surface area contributed by atoms with Crippen LogP contribution in [0.25, 0.3) is 11.3 Å². The number of esters is 1. The second kappa shape index (κ2) is 7.49. The van der Waals surface area contributed by atoms with Crippen molar-refractivity contribution in [2.75, 3.05) is 6.61 Å². The van der Waals surface area contributed by atoms with Crippen molar-refractivity contribution in [1.29, 1.82) is 0 Å². The fourth-order valence-corrected chi connectivity index (χ4v) is 2.58. The van der Waals surface area contributed by atoms with Gasteiger partial charge in [0.1, 0.15) is 5.82 Å². The van der Waals surface area contributed by atoms with E-state index in [9.17, 15) is 9.18 Å². The summed E-state index contributed by atoms with van der Waals surface area (Å²) in [7, 11) is 0. The molecule has 0 atom stereocenters. The van der Waals surface area contributed by atoms with E-state index in [4.69, 9.17) is 16.3 Å². The van der Waals surface area contributed by atoms with Gasteiger partial charge in [0.25, 0.3) is 0 Å². The first-order valence-corrected chi connectivity index (χ1v) is 8.20.